The number of aromatic nitrogens is 1. The lowest BCUT2D eigenvalue weighted by molar-refractivity contribution is 0.0935. The van der Waals surface area contributed by atoms with E-state index in [2.05, 4.69) is 10.3 Å². The van der Waals surface area contributed by atoms with Crippen molar-refractivity contribution in [2.45, 2.75) is 33.4 Å². The van der Waals surface area contributed by atoms with E-state index in [1.54, 1.807) is 43.5 Å². The molecule has 0 unspecified atom stereocenters. The van der Waals surface area contributed by atoms with Crippen LogP contribution in [-0.2, 0) is 6.61 Å². The molecular formula is C17H20N2O3. The number of carbonyl (C=O) groups excluding carboxylic acids is 1. The van der Waals surface area contributed by atoms with Crippen LogP contribution < -0.4 is 10.1 Å². The Hall–Kier alpha value is -2.56. The minimum absolute atomic E-state index is 0.0385. The molecule has 1 aromatic heterocycles. The Morgan fingerprint density at radius 2 is 2.09 bits per heavy atom. The number of pyridine rings is 1. The molecule has 0 atom stereocenters. The van der Waals surface area contributed by atoms with Gasteiger partial charge in [0.25, 0.3) is 5.91 Å². The van der Waals surface area contributed by atoms with Gasteiger partial charge in [0, 0.05) is 23.4 Å². The lowest BCUT2D eigenvalue weighted by atomic mass is 10.1. The Morgan fingerprint density at radius 1 is 1.32 bits per heavy atom. The number of phenolic OH excluding ortho intramolecular Hbond substituents is 1. The number of ether oxygens (including phenoxy) is 1. The zero-order valence-electron chi connectivity index (χ0n) is 13.0. The number of nitrogens with one attached hydrogen (secondary N) is 1. The SMILES string of the molecule is Cc1c(O)cccc1OCc1cccnc1C(=O)NC(C)C. The molecule has 1 aromatic carbocycles. The third-order valence-corrected chi connectivity index (χ3v) is 3.16. The van der Waals surface area contributed by atoms with E-state index in [0.29, 0.717) is 22.6 Å². The van der Waals surface area contributed by atoms with Gasteiger partial charge >= 0.3 is 0 Å². The van der Waals surface area contributed by atoms with Gasteiger partial charge in [0.1, 0.15) is 23.8 Å². The number of nitrogens with zero attached hydrogens (tertiary/aromatic N) is 1. The molecule has 1 heterocycles. The predicted octanol–water partition coefficient (Wildman–Crippen LogP) is 2.81. The molecular weight excluding hydrogens is 280 g/mol. The molecule has 5 heteroatoms. The first-order valence-electron chi connectivity index (χ1n) is 7.15. The number of hydrogen-bond acceptors (Lipinski definition) is 4. The Morgan fingerprint density at radius 3 is 2.82 bits per heavy atom. The highest BCUT2D eigenvalue weighted by atomic mass is 16.5. The second-order valence-corrected chi connectivity index (χ2v) is 5.33. The summed E-state index contributed by atoms with van der Waals surface area (Å²) >= 11 is 0. The minimum atomic E-state index is -0.221. The molecule has 0 saturated carbocycles. The van der Waals surface area contributed by atoms with Crippen molar-refractivity contribution in [3.63, 3.8) is 0 Å². The van der Waals surface area contributed by atoms with E-state index in [1.807, 2.05) is 13.8 Å². The topological polar surface area (TPSA) is 71.5 Å². The molecule has 0 aliphatic rings. The summed E-state index contributed by atoms with van der Waals surface area (Å²) in [7, 11) is 0. The van der Waals surface area contributed by atoms with Gasteiger partial charge in [-0.1, -0.05) is 12.1 Å². The lowest BCUT2D eigenvalue weighted by Gasteiger charge is -2.13. The molecule has 2 aromatic rings. The summed E-state index contributed by atoms with van der Waals surface area (Å²) in [5.74, 6) is 0.544. The average Bonchev–Trinajstić information content (AvgIpc) is 2.48. The number of carbonyl (C=O) groups is 1. The Labute approximate surface area is 130 Å². The van der Waals surface area contributed by atoms with Gasteiger partial charge in [0.05, 0.1) is 0 Å². The molecule has 0 saturated heterocycles. The van der Waals surface area contributed by atoms with Crippen LogP contribution in [-0.4, -0.2) is 22.0 Å². The summed E-state index contributed by atoms with van der Waals surface area (Å²) in [6, 6.07) is 8.71. The summed E-state index contributed by atoms with van der Waals surface area (Å²) < 4.78 is 5.72. The number of amides is 1. The average molecular weight is 300 g/mol. The fraction of sp³-hybridized carbons (Fsp3) is 0.294. The summed E-state index contributed by atoms with van der Waals surface area (Å²) in [4.78, 5) is 16.3. The smallest absolute Gasteiger partial charge is 0.270 e. The molecule has 1 amide bonds. The predicted molar refractivity (Wildman–Crippen MR) is 84.0 cm³/mol. The summed E-state index contributed by atoms with van der Waals surface area (Å²) in [5, 5.41) is 12.5. The zero-order chi connectivity index (χ0) is 16.1. The fourth-order valence-corrected chi connectivity index (χ4v) is 2.00. The van der Waals surface area contributed by atoms with Crippen LogP contribution >= 0.6 is 0 Å². The maximum Gasteiger partial charge on any atom is 0.270 e. The first kappa shape index (κ1) is 15.8. The van der Waals surface area contributed by atoms with E-state index < -0.39 is 0 Å². The van der Waals surface area contributed by atoms with Crippen LogP contribution in [0.25, 0.3) is 0 Å². The Kier molecular flexibility index (Phi) is 4.99. The maximum absolute atomic E-state index is 12.1. The van der Waals surface area contributed by atoms with Crippen molar-refractivity contribution in [2.75, 3.05) is 0 Å². The van der Waals surface area contributed by atoms with Gasteiger partial charge in [-0.25, -0.2) is 0 Å². The Bertz CT molecular complexity index is 669. The highest BCUT2D eigenvalue weighted by Crippen LogP contribution is 2.26. The van der Waals surface area contributed by atoms with Crippen LogP contribution in [0.5, 0.6) is 11.5 Å². The molecule has 22 heavy (non-hydrogen) atoms. The minimum Gasteiger partial charge on any atom is -0.508 e. The largest absolute Gasteiger partial charge is 0.508 e. The number of benzene rings is 1. The van der Waals surface area contributed by atoms with Crippen LogP contribution in [0, 0.1) is 6.92 Å². The van der Waals surface area contributed by atoms with Crippen LogP contribution in [0.1, 0.15) is 35.5 Å². The van der Waals surface area contributed by atoms with Gasteiger partial charge in [-0.2, -0.15) is 0 Å². The van der Waals surface area contributed by atoms with E-state index in [4.69, 9.17) is 4.74 Å². The van der Waals surface area contributed by atoms with Gasteiger partial charge in [0.2, 0.25) is 0 Å². The molecule has 0 spiro atoms. The number of phenols is 1. The normalized spacial score (nSPS) is 10.5. The molecule has 5 nitrogen and oxygen atoms in total. The number of hydrogen-bond donors (Lipinski definition) is 2. The van der Waals surface area contributed by atoms with Crippen molar-refractivity contribution in [1.82, 2.24) is 10.3 Å². The molecule has 0 aliphatic heterocycles. The molecule has 0 radical (unpaired) electrons. The van der Waals surface area contributed by atoms with Gasteiger partial charge in [-0.05, 0) is 39.0 Å². The molecule has 2 rings (SSSR count). The molecule has 2 N–H and O–H groups in total. The van der Waals surface area contributed by atoms with Gasteiger partial charge < -0.3 is 15.2 Å². The first-order valence-corrected chi connectivity index (χ1v) is 7.15. The van der Waals surface area contributed by atoms with Crippen LogP contribution in [0.15, 0.2) is 36.5 Å². The van der Waals surface area contributed by atoms with Gasteiger partial charge in [-0.15, -0.1) is 0 Å². The molecule has 0 fully saturated rings. The second-order valence-electron chi connectivity index (χ2n) is 5.33. The van der Waals surface area contributed by atoms with E-state index >= 15 is 0 Å². The summed E-state index contributed by atoms with van der Waals surface area (Å²) in [6.07, 6.45) is 1.58. The maximum atomic E-state index is 12.1. The molecule has 116 valence electrons. The molecule has 0 aliphatic carbocycles. The van der Waals surface area contributed by atoms with Crippen molar-refractivity contribution < 1.29 is 14.6 Å². The second kappa shape index (κ2) is 6.93. The van der Waals surface area contributed by atoms with Crippen LogP contribution in [0.2, 0.25) is 0 Å². The monoisotopic (exact) mass is 300 g/mol. The lowest BCUT2D eigenvalue weighted by Crippen LogP contribution is -2.31. The number of aromatic hydroxyl groups is 1. The van der Waals surface area contributed by atoms with E-state index in [0.717, 1.165) is 0 Å². The van der Waals surface area contributed by atoms with E-state index in [1.165, 1.54) is 0 Å². The van der Waals surface area contributed by atoms with Crippen LogP contribution in [0.3, 0.4) is 0 Å². The fourth-order valence-electron chi connectivity index (χ4n) is 2.00. The summed E-state index contributed by atoms with van der Waals surface area (Å²) in [5.41, 5.74) is 1.72. The zero-order valence-corrected chi connectivity index (χ0v) is 13.0. The van der Waals surface area contributed by atoms with Crippen molar-refractivity contribution in [2.24, 2.45) is 0 Å². The van der Waals surface area contributed by atoms with E-state index in [9.17, 15) is 9.90 Å². The van der Waals surface area contributed by atoms with Crippen molar-refractivity contribution >= 4 is 5.91 Å². The number of rotatable bonds is 5. The quantitative estimate of drug-likeness (QED) is 0.890. The standard InChI is InChI=1S/C17H20N2O3/c1-11(2)19-17(21)16-13(6-5-9-18-16)10-22-15-8-4-7-14(20)12(15)3/h4-9,11,20H,10H2,1-3H3,(H,19,21). The van der Waals surface area contributed by atoms with Crippen LogP contribution in [0.4, 0.5) is 0 Å². The van der Waals surface area contributed by atoms with Gasteiger partial charge in [0.15, 0.2) is 0 Å². The Balaban J connectivity index is 2.16. The van der Waals surface area contributed by atoms with Crippen molar-refractivity contribution in [3.8, 4) is 11.5 Å². The van der Waals surface area contributed by atoms with Crippen molar-refractivity contribution in [3.05, 3.63) is 53.3 Å². The third-order valence-electron chi connectivity index (χ3n) is 3.16. The highest BCUT2D eigenvalue weighted by molar-refractivity contribution is 5.93. The van der Waals surface area contributed by atoms with Gasteiger partial charge in [-0.3, -0.25) is 9.78 Å². The van der Waals surface area contributed by atoms with E-state index in [-0.39, 0.29) is 24.3 Å². The molecule has 0 bridgehead atoms. The van der Waals surface area contributed by atoms with Crippen molar-refractivity contribution in [1.29, 1.82) is 0 Å². The first-order chi connectivity index (χ1) is 10.5. The third kappa shape index (κ3) is 3.75. The highest BCUT2D eigenvalue weighted by Gasteiger charge is 2.14. The summed E-state index contributed by atoms with van der Waals surface area (Å²) in [6.45, 7) is 5.78.